The number of aromatic nitrogens is 3. The summed E-state index contributed by atoms with van der Waals surface area (Å²) in [6, 6.07) is 22.8. The largest absolute Gasteiger partial charge is 0.496 e. The highest BCUT2D eigenvalue weighted by atomic mass is 16.5. The molecule has 0 spiro atoms. The number of carbonyl (C=O) groups is 1. The zero-order chi connectivity index (χ0) is 26.0. The Morgan fingerprint density at radius 1 is 0.784 bits per heavy atom. The Bertz CT molecular complexity index is 1380. The Balaban J connectivity index is 1.58. The van der Waals surface area contributed by atoms with E-state index in [4.69, 9.17) is 14.2 Å². The lowest BCUT2D eigenvalue weighted by molar-refractivity contribution is 0.0957. The van der Waals surface area contributed by atoms with Crippen LogP contribution in [-0.4, -0.2) is 42.0 Å². The van der Waals surface area contributed by atoms with Gasteiger partial charge in [0.05, 0.1) is 21.3 Å². The number of nitrogens with zero attached hydrogens (tertiary/aromatic N) is 3. The van der Waals surface area contributed by atoms with Crippen molar-refractivity contribution in [1.82, 2.24) is 14.8 Å². The summed E-state index contributed by atoms with van der Waals surface area (Å²) in [5.41, 5.74) is 2.63. The molecular weight excluding hydrogens is 470 g/mol. The monoisotopic (exact) mass is 499 g/mol. The van der Waals surface area contributed by atoms with E-state index in [0.717, 1.165) is 28.2 Å². The van der Waals surface area contributed by atoms with Gasteiger partial charge in [-0.2, -0.15) is 9.67 Å². The first-order valence-corrected chi connectivity index (χ1v) is 11.7. The van der Waals surface area contributed by atoms with Crippen LogP contribution in [0.1, 0.15) is 21.5 Å². The van der Waals surface area contributed by atoms with Gasteiger partial charge >= 0.3 is 0 Å². The lowest BCUT2D eigenvalue weighted by Crippen LogP contribution is -2.15. The predicted molar refractivity (Wildman–Crippen MR) is 143 cm³/mol. The summed E-state index contributed by atoms with van der Waals surface area (Å²) in [7, 11) is 4.83. The van der Waals surface area contributed by atoms with Gasteiger partial charge in [0, 0.05) is 35.9 Å². The third-order valence-corrected chi connectivity index (χ3v) is 5.62. The third-order valence-electron chi connectivity index (χ3n) is 5.62. The molecule has 0 amide bonds. The first kappa shape index (κ1) is 25.3. The topological polar surface area (TPSA) is 99.5 Å². The number of benzene rings is 3. The van der Waals surface area contributed by atoms with Crippen LogP contribution in [0.15, 0.2) is 78.9 Å². The maximum Gasteiger partial charge on any atom is 0.274 e. The van der Waals surface area contributed by atoms with Gasteiger partial charge in [-0.3, -0.25) is 4.79 Å². The SMILES string of the molecule is COc1ccccc1/C=C/C(=O)n1nc(NCc2ccccc2OC)nc1NCc1ccccc1OC. The fourth-order valence-electron chi connectivity index (χ4n) is 3.74. The first-order chi connectivity index (χ1) is 18.1. The van der Waals surface area contributed by atoms with Crippen molar-refractivity contribution in [2.75, 3.05) is 32.0 Å². The first-order valence-electron chi connectivity index (χ1n) is 11.7. The number of nitrogens with one attached hydrogen (secondary N) is 2. The average molecular weight is 500 g/mol. The van der Waals surface area contributed by atoms with Crippen molar-refractivity contribution in [1.29, 1.82) is 0 Å². The highest BCUT2D eigenvalue weighted by molar-refractivity contribution is 5.95. The normalized spacial score (nSPS) is 10.8. The number of rotatable bonds is 11. The molecule has 0 aliphatic carbocycles. The molecule has 2 N–H and O–H groups in total. The molecule has 190 valence electrons. The molecule has 0 radical (unpaired) electrons. The van der Waals surface area contributed by atoms with Crippen LogP contribution in [0.5, 0.6) is 17.2 Å². The van der Waals surface area contributed by atoms with Gasteiger partial charge in [0.25, 0.3) is 5.91 Å². The fourth-order valence-corrected chi connectivity index (χ4v) is 3.74. The average Bonchev–Trinajstić information content (AvgIpc) is 3.37. The minimum absolute atomic E-state index is 0.295. The molecule has 0 unspecified atom stereocenters. The number of carbonyl (C=O) groups excluding carboxylic acids is 1. The molecule has 1 heterocycles. The molecule has 0 bridgehead atoms. The third kappa shape index (κ3) is 6.26. The molecule has 0 aliphatic heterocycles. The molecule has 4 aromatic rings. The molecule has 0 atom stereocenters. The molecule has 4 rings (SSSR count). The van der Waals surface area contributed by atoms with Crippen LogP contribution in [0, 0.1) is 0 Å². The fraction of sp³-hybridized carbons (Fsp3) is 0.179. The van der Waals surface area contributed by atoms with Gasteiger partial charge in [0.15, 0.2) is 0 Å². The summed E-state index contributed by atoms with van der Waals surface area (Å²) < 4.78 is 17.5. The summed E-state index contributed by atoms with van der Waals surface area (Å²) in [6.07, 6.45) is 3.12. The standard InChI is InChI=1S/C28H29N5O4/c1-35-23-13-7-4-10-20(23)16-17-26(34)33-28(30-19-22-12-6-9-15-25(22)37-3)31-27(32-33)29-18-21-11-5-8-14-24(21)36-2/h4-17H,18-19H2,1-3H3,(H2,29,30,31,32)/b17-16+. The van der Waals surface area contributed by atoms with Gasteiger partial charge in [-0.05, 0) is 24.3 Å². The van der Waals surface area contributed by atoms with Crippen molar-refractivity contribution in [3.63, 3.8) is 0 Å². The number of allylic oxidation sites excluding steroid dienone is 1. The number of anilines is 2. The van der Waals surface area contributed by atoms with E-state index < -0.39 is 0 Å². The second-order valence-corrected chi connectivity index (χ2v) is 7.92. The van der Waals surface area contributed by atoms with Gasteiger partial charge in [0.1, 0.15) is 17.2 Å². The van der Waals surface area contributed by atoms with Crippen molar-refractivity contribution in [2.24, 2.45) is 0 Å². The molecule has 0 saturated heterocycles. The molecule has 9 nitrogen and oxygen atoms in total. The van der Waals surface area contributed by atoms with Crippen molar-refractivity contribution in [3.05, 3.63) is 95.6 Å². The van der Waals surface area contributed by atoms with Gasteiger partial charge in [0.2, 0.25) is 11.9 Å². The maximum atomic E-state index is 13.2. The van der Waals surface area contributed by atoms with E-state index >= 15 is 0 Å². The van der Waals surface area contributed by atoms with Crippen molar-refractivity contribution in [3.8, 4) is 17.2 Å². The van der Waals surface area contributed by atoms with Crippen LogP contribution in [-0.2, 0) is 13.1 Å². The van der Waals surface area contributed by atoms with Crippen LogP contribution in [0.25, 0.3) is 6.08 Å². The maximum absolute atomic E-state index is 13.2. The van der Waals surface area contributed by atoms with Crippen LogP contribution in [0.3, 0.4) is 0 Å². The molecular formula is C28H29N5O4. The van der Waals surface area contributed by atoms with E-state index in [1.165, 1.54) is 10.8 Å². The van der Waals surface area contributed by atoms with E-state index in [1.807, 2.05) is 72.8 Å². The summed E-state index contributed by atoms with van der Waals surface area (Å²) >= 11 is 0. The summed E-state index contributed by atoms with van der Waals surface area (Å²) in [6.45, 7) is 0.809. The number of hydrogen-bond donors (Lipinski definition) is 2. The molecule has 0 aliphatic rings. The highest BCUT2D eigenvalue weighted by Crippen LogP contribution is 2.22. The summed E-state index contributed by atoms with van der Waals surface area (Å²) in [4.78, 5) is 17.7. The van der Waals surface area contributed by atoms with Crippen molar-refractivity contribution in [2.45, 2.75) is 13.1 Å². The van der Waals surface area contributed by atoms with Crippen LogP contribution >= 0.6 is 0 Å². The Labute approximate surface area is 215 Å². The highest BCUT2D eigenvalue weighted by Gasteiger charge is 2.16. The number of ether oxygens (including phenoxy) is 3. The molecule has 37 heavy (non-hydrogen) atoms. The summed E-state index contributed by atoms with van der Waals surface area (Å²) in [5, 5.41) is 10.8. The minimum Gasteiger partial charge on any atom is -0.496 e. The van der Waals surface area contributed by atoms with Gasteiger partial charge in [-0.25, -0.2) is 0 Å². The Kier molecular flexibility index (Phi) is 8.38. The zero-order valence-corrected chi connectivity index (χ0v) is 21.0. The van der Waals surface area contributed by atoms with Gasteiger partial charge in [-0.1, -0.05) is 54.6 Å². The number of methoxy groups -OCH3 is 3. The zero-order valence-electron chi connectivity index (χ0n) is 21.0. The van der Waals surface area contributed by atoms with E-state index in [2.05, 4.69) is 20.7 Å². The lowest BCUT2D eigenvalue weighted by Gasteiger charge is -2.09. The molecule has 1 aromatic heterocycles. The molecule has 0 fully saturated rings. The Morgan fingerprint density at radius 3 is 1.95 bits per heavy atom. The van der Waals surface area contributed by atoms with E-state index in [1.54, 1.807) is 27.4 Å². The van der Waals surface area contributed by atoms with Crippen LogP contribution in [0.4, 0.5) is 11.9 Å². The second-order valence-electron chi connectivity index (χ2n) is 7.92. The second kappa shape index (κ2) is 12.3. The van der Waals surface area contributed by atoms with Crippen LogP contribution < -0.4 is 24.8 Å². The van der Waals surface area contributed by atoms with Gasteiger partial charge in [-0.15, -0.1) is 5.10 Å². The minimum atomic E-state index is -0.369. The Morgan fingerprint density at radius 2 is 1.32 bits per heavy atom. The van der Waals surface area contributed by atoms with Gasteiger partial charge < -0.3 is 24.8 Å². The Hall–Kier alpha value is -4.79. The predicted octanol–water partition coefficient (Wildman–Crippen LogP) is 4.88. The smallest absolute Gasteiger partial charge is 0.274 e. The lowest BCUT2D eigenvalue weighted by atomic mass is 10.2. The molecule has 0 saturated carbocycles. The van der Waals surface area contributed by atoms with E-state index in [0.29, 0.717) is 30.7 Å². The number of para-hydroxylation sites is 3. The molecule has 9 heteroatoms. The van der Waals surface area contributed by atoms with Crippen molar-refractivity contribution < 1.29 is 19.0 Å². The number of hydrogen-bond acceptors (Lipinski definition) is 8. The molecule has 3 aromatic carbocycles. The van der Waals surface area contributed by atoms with Crippen LogP contribution in [0.2, 0.25) is 0 Å². The van der Waals surface area contributed by atoms with E-state index in [-0.39, 0.29) is 5.91 Å². The van der Waals surface area contributed by atoms with Crippen molar-refractivity contribution >= 4 is 23.9 Å². The summed E-state index contributed by atoms with van der Waals surface area (Å²) in [5.74, 6) is 2.37. The quantitative estimate of drug-likeness (QED) is 0.282. The van der Waals surface area contributed by atoms with E-state index in [9.17, 15) is 4.79 Å².